The van der Waals surface area contributed by atoms with Crippen molar-refractivity contribution in [2.75, 3.05) is 7.11 Å². The monoisotopic (exact) mass is 350 g/mol. The first-order chi connectivity index (χ1) is 11.4. The first-order valence-electron chi connectivity index (χ1n) is 6.95. The smallest absolute Gasteiger partial charge is 0.322 e. The van der Waals surface area contributed by atoms with Crippen LogP contribution in [0, 0.1) is 10.1 Å². The molecule has 0 saturated carbocycles. The Morgan fingerprint density at radius 2 is 2.08 bits per heavy atom. The number of ether oxygens (including phenoxy) is 2. The highest BCUT2D eigenvalue weighted by Crippen LogP contribution is 2.33. The first kappa shape index (κ1) is 17.7. The molecule has 0 bridgehead atoms. The maximum atomic E-state index is 11.4. The van der Waals surface area contributed by atoms with Crippen molar-refractivity contribution in [1.82, 2.24) is 0 Å². The van der Waals surface area contributed by atoms with E-state index in [0.29, 0.717) is 16.3 Å². The van der Waals surface area contributed by atoms with E-state index >= 15 is 0 Å². The number of nitro groups is 1. The summed E-state index contributed by atoms with van der Waals surface area (Å²) >= 11 is 5.87. The van der Waals surface area contributed by atoms with Crippen molar-refractivity contribution in [2.24, 2.45) is 5.73 Å². The van der Waals surface area contributed by atoms with E-state index in [1.165, 1.54) is 19.2 Å². The van der Waals surface area contributed by atoms with Gasteiger partial charge in [0.25, 0.3) is 0 Å². The molecule has 0 aliphatic carbocycles. The molecule has 1 unspecified atom stereocenters. The van der Waals surface area contributed by atoms with E-state index in [-0.39, 0.29) is 17.9 Å². The van der Waals surface area contributed by atoms with Crippen LogP contribution < -0.4 is 10.5 Å². The van der Waals surface area contributed by atoms with Crippen LogP contribution in [-0.2, 0) is 16.0 Å². The van der Waals surface area contributed by atoms with Crippen LogP contribution in [0.4, 0.5) is 5.69 Å². The minimum atomic E-state index is -0.894. The van der Waals surface area contributed by atoms with Gasteiger partial charge in [-0.25, -0.2) is 0 Å². The van der Waals surface area contributed by atoms with E-state index in [1.54, 1.807) is 30.3 Å². The van der Waals surface area contributed by atoms with Crippen LogP contribution >= 0.6 is 11.6 Å². The zero-order valence-corrected chi connectivity index (χ0v) is 13.5. The largest absolute Gasteiger partial charge is 0.468 e. The number of esters is 1. The molecule has 2 aromatic rings. The average molecular weight is 351 g/mol. The van der Waals surface area contributed by atoms with Gasteiger partial charge in [0.15, 0.2) is 0 Å². The number of hydrogen-bond acceptors (Lipinski definition) is 6. The molecule has 0 heterocycles. The summed E-state index contributed by atoms with van der Waals surface area (Å²) in [5.74, 6) is -0.140. The lowest BCUT2D eigenvalue weighted by Gasteiger charge is -2.11. The fourth-order valence-electron chi connectivity index (χ4n) is 2.07. The molecule has 8 heteroatoms. The molecule has 0 aromatic heterocycles. The fourth-order valence-corrected chi connectivity index (χ4v) is 2.25. The third-order valence-corrected chi connectivity index (χ3v) is 3.44. The van der Waals surface area contributed by atoms with Crippen molar-refractivity contribution in [3.05, 3.63) is 63.2 Å². The fraction of sp³-hybridized carbons (Fsp3) is 0.188. The Morgan fingerprint density at radius 3 is 2.71 bits per heavy atom. The molecule has 126 valence electrons. The van der Waals surface area contributed by atoms with Gasteiger partial charge in [0.2, 0.25) is 5.75 Å². The summed E-state index contributed by atoms with van der Waals surface area (Å²) in [6.07, 6.45) is 0.116. The van der Waals surface area contributed by atoms with Crippen LogP contribution in [0.5, 0.6) is 11.5 Å². The van der Waals surface area contributed by atoms with E-state index in [1.807, 2.05) is 0 Å². The maximum Gasteiger partial charge on any atom is 0.322 e. The second kappa shape index (κ2) is 7.76. The predicted molar refractivity (Wildman–Crippen MR) is 88.3 cm³/mol. The lowest BCUT2D eigenvalue weighted by Crippen LogP contribution is -2.33. The Morgan fingerprint density at radius 1 is 1.33 bits per heavy atom. The highest BCUT2D eigenvalue weighted by Gasteiger charge is 2.20. The van der Waals surface area contributed by atoms with E-state index in [0.717, 1.165) is 0 Å². The quantitative estimate of drug-likeness (QED) is 0.487. The molecule has 2 rings (SSSR count). The molecule has 0 spiro atoms. The zero-order chi connectivity index (χ0) is 17.7. The van der Waals surface area contributed by atoms with Crippen molar-refractivity contribution in [1.29, 1.82) is 0 Å². The summed E-state index contributed by atoms with van der Waals surface area (Å²) in [7, 11) is 1.23. The third-order valence-electron chi connectivity index (χ3n) is 3.20. The van der Waals surface area contributed by atoms with Crippen molar-refractivity contribution >= 4 is 23.3 Å². The summed E-state index contributed by atoms with van der Waals surface area (Å²) < 4.78 is 10.1. The number of methoxy groups -OCH3 is 1. The molecule has 2 N–H and O–H groups in total. The third kappa shape index (κ3) is 4.43. The van der Waals surface area contributed by atoms with Gasteiger partial charge in [-0.05, 0) is 36.2 Å². The standard InChI is InChI=1S/C16H15ClN2O5/c1-23-16(20)13(18)7-10-5-6-15(14(8-10)19(21)22)24-12-4-2-3-11(17)9-12/h2-6,8-9,13H,7,18H2,1H3. The Labute approximate surface area is 143 Å². The highest BCUT2D eigenvalue weighted by atomic mass is 35.5. The average Bonchev–Trinajstić information content (AvgIpc) is 2.55. The number of nitrogens with two attached hydrogens (primary N) is 1. The molecule has 0 fully saturated rings. The lowest BCUT2D eigenvalue weighted by molar-refractivity contribution is -0.385. The minimum absolute atomic E-state index is 0.0673. The van der Waals surface area contributed by atoms with Crippen molar-refractivity contribution < 1.29 is 19.2 Å². The molecule has 0 amide bonds. The molecular weight excluding hydrogens is 336 g/mol. The molecule has 0 aliphatic heterocycles. The van der Waals surface area contributed by atoms with Gasteiger partial charge in [-0.2, -0.15) is 0 Å². The lowest BCUT2D eigenvalue weighted by atomic mass is 10.1. The minimum Gasteiger partial charge on any atom is -0.468 e. The van der Waals surface area contributed by atoms with Crippen molar-refractivity contribution in [3.8, 4) is 11.5 Å². The van der Waals surface area contributed by atoms with E-state index in [9.17, 15) is 14.9 Å². The van der Waals surface area contributed by atoms with Gasteiger partial charge in [-0.1, -0.05) is 23.7 Å². The van der Waals surface area contributed by atoms with Gasteiger partial charge in [0.05, 0.1) is 12.0 Å². The molecule has 0 saturated heterocycles. The molecule has 7 nitrogen and oxygen atoms in total. The van der Waals surface area contributed by atoms with Gasteiger partial charge in [-0.15, -0.1) is 0 Å². The normalized spacial score (nSPS) is 11.6. The van der Waals surface area contributed by atoms with Gasteiger partial charge >= 0.3 is 11.7 Å². The number of nitrogens with zero attached hydrogens (tertiary/aromatic N) is 1. The molecule has 0 radical (unpaired) electrons. The zero-order valence-electron chi connectivity index (χ0n) is 12.8. The molecule has 0 aliphatic rings. The summed E-state index contributed by atoms with van der Waals surface area (Å²) in [5.41, 5.74) is 5.97. The van der Waals surface area contributed by atoms with Gasteiger partial charge in [0, 0.05) is 11.1 Å². The van der Waals surface area contributed by atoms with Crippen LogP contribution in [0.2, 0.25) is 5.02 Å². The van der Waals surface area contributed by atoms with Gasteiger partial charge < -0.3 is 15.2 Å². The second-order valence-electron chi connectivity index (χ2n) is 4.95. The molecule has 1 atom stereocenters. The Hall–Kier alpha value is -2.64. The molecule has 24 heavy (non-hydrogen) atoms. The molecule has 2 aromatic carbocycles. The predicted octanol–water partition coefficient (Wildman–Crippen LogP) is 3.08. The van der Waals surface area contributed by atoms with Crippen LogP contribution in [0.1, 0.15) is 5.56 Å². The Bertz CT molecular complexity index is 766. The Kier molecular flexibility index (Phi) is 5.73. The van der Waals surface area contributed by atoms with E-state index in [2.05, 4.69) is 4.74 Å². The number of carbonyl (C=O) groups is 1. The highest BCUT2D eigenvalue weighted by molar-refractivity contribution is 6.30. The number of carbonyl (C=O) groups excluding carboxylic acids is 1. The summed E-state index contributed by atoms with van der Waals surface area (Å²) in [4.78, 5) is 22.1. The van der Waals surface area contributed by atoms with Gasteiger partial charge in [-0.3, -0.25) is 14.9 Å². The number of nitro benzene ring substituents is 1. The van der Waals surface area contributed by atoms with Gasteiger partial charge in [0.1, 0.15) is 11.8 Å². The second-order valence-corrected chi connectivity index (χ2v) is 5.39. The maximum absolute atomic E-state index is 11.4. The number of rotatable bonds is 6. The Balaban J connectivity index is 2.26. The summed E-state index contributed by atoms with van der Waals surface area (Å²) in [6, 6.07) is 10.0. The first-order valence-corrected chi connectivity index (χ1v) is 7.32. The van der Waals surface area contributed by atoms with E-state index in [4.69, 9.17) is 22.1 Å². The van der Waals surface area contributed by atoms with Crippen LogP contribution in [0.15, 0.2) is 42.5 Å². The number of benzene rings is 2. The summed E-state index contributed by atoms with van der Waals surface area (Å²) in [6.45, 7) is 0. The molecular formula is C16H15ClN2O5. The van der Waals surface area contributed by atoms with Crippen molar-refractivity contribution in [3.63, 3.8) is 0 Å². The number of halogens is 1. The van der Waals surface area contributed by atoms with Crippen LogP contribution in [-0.4, -0.2) is 24.0 Å². The van der Waals surface area contributed by atoms with Crippen LogP contribution in [0.3, 0.4) is 0 Å². The van der Waals surface area contributed by atoms with Crippen LogP contribution in [0.25, 0.3) is 0 Å². The SMILES string of the molecule is COC(=O)C(N)Cc1ccc(Oc2cccc(Cl)c2)c([N+](=O)[O-])c1. The van der Waals surface area contributed by atoms with E-state index < -0.39 is 16.9 Å². The summed E-state index contributed by atoms with van der Waals surface area (Å²) in [5, 5.41) is 11.7. The topological polar surface area (TPSA) is 105 Å². The number of hydrogen-bond donors (Lipinski definition) is 1. The van der Waals surface area contributed by atoms with Crippen molar-refractivity contribution in [2.45, 2.75) is 12.5 Å².